The number of nitrogens with zero attached hydrogens (tertiary/aromatic N) is 2. The maximum absolute atomic E-state index is 9.86. The van der Waals surface area contributed by atoms with Crippen molar-refractivity contribution in [3.63, 3.8) is 0 Å². The zero-order valence-corrected chi connectivity index (χ0v) is 4.72. The van der Waals surface area contributed by atoms with E-state index < -0.39 is 4.92 Å². The summed E-state index contributed by atoms with van der Waals surface area (Å²) in [5.74, 6) is 0. The van der Waals surface area contributed by atoms with Gasteiger partial charge in [0.2, 0.25) is 0 Å². The summed E-state index contributed by atoms with van der Waals surface area (Å²) >= 11 is 0.937. The second-order valence-electron chi connectivity index (χ2n) is 1.20. The van der Waals surface area contributed by atoms with Crippen molar-refractivity contribution in [2.75, 3.05) is 6.54 Å². The SMILES string of the molecule is O=[N+]([O-])C1=CC[N]S1. The molecule has 0 spiro atoms. The average molecular weight is 131 g/mol. The van der Waals surface area contributed by atoms with E-state index in [2.05, 4.69) is 4.72 Å². The third-order valence-corrected chi connectivity index (χ3v) is 1.46. The minimum Gasteiger partial charge on any atom is -0.258 e. The van der Waals surface area contributed by atoms with Gasteiger partial charge in [0.1, 0.15) is 0 Å². The zero-order chi connectivity index (χ0) is 5.98. The van der Waals surface area contributed by atoms with Gasteiger partial charge in [-0.25, -0.2) is 0 Å². The van der Waals surface area contributed by atoms with E-state index in [4.69, 9.17) is 0 Å². The van der Waals surface area contributed by atoms with Gasteiger partial charge in [0.05, 0.1) is 23.4 Å². The number of hydrogen-bond donors (Lipinski definition) is 0. The second-order valence-corrected chi connectivity index (χ2v) is 2.06. The Balaban J connectivity index is 2.57. The number of nitro groups is 1. The molecule has 0 bridgehead atoms. The van der Waals surface area contributed by atoms with E-state index in [9.17, 15) is 10.1 Å². The minimum atomic E-state index is -0.429. The first-order valence-electron chi connectivity index (χ1n) is 1.99. The molecule has 1 aliphatic heterocycles. The van der Waals surface area contributed by atoms with Crippen LogP contribution in [0.1, 0.15) is 0 Å². The van der Waals surface area contributed by atoms with Crippen LogP contribution in [0.15, 0.2) is 11.1 Å². The molecular weight excluding hydrogens is 128 g/mol. The van der Waals surface area contributed by atoms with Crippen molar-refractivity contribution in [1.29, 1.82) is 0 Å². The number of rotatable bonds is 1. The molecule has 1 aliphatic rings. The molecule has 0 aromatic rings. The Morgan fingerprint density at radius 3 is 3.00 bits per heavy atom. The largest absolute Gasteiger partial charge is 0.316 e. The molecule has 8 heavy (non-hydrogen) atoms. The van der Waals surface area contributed by atoms with E-state index in [1.807, 2.05) is 0 Å². The molecule has 4 nitrogen and oxygen atoms in total. The molecule has 43 valence electrons. The standard InChI is InChI=1S/C3H3N2O2S/c6-5(7)3-1-2-4-8-3/h1H,2H2. The van der Waals surface area contributed by atoms with Crippen LogP contribution in [0.3, 0.4) is 0 Å². The van der Waals surface area contributed by atoms with Gasteiger partial charge in [0.15, 0.2) is 0 Å². The van der Waals surface area contributed by atoms with Gasteiger partial charge in [0, 0.05) is 6.08 Å². The Labute approximate surface area is 50.2 Å². The van der Waals surface area contributed by atoms with Gasteiger partial charge in [-0.05, 0) is 0 Å². The van der Waals surface area contributed by atoms with Gasteiger partial charge in [0.25, 0.3) is 0 Å². The lowest BCUT2D eigenvalue weighted by atomic mass is 10.6. The Morgan fingerprint density at radius 2 is 2.75 bits per heavy atom. The molecule has 0 atom stereocenters. The summed E-state index contributed by atoms with van der Waals surface area (Å²) in [6.07, 6.45) is 1.49. The van der Waals surface area contributed by atoms with E-state index in [-0.39, 0.29) is 5.03 Å². The van der Waals surface area contributed by atoms with Crippen LogP contribution in [0.4, 0.5) is 0 Å². The summed E-state index contributed by atoms with van der Waals surface area (Å²) in [4.78, 5) is 9.43. The monoisotopic (exact) mass is 131 g/mol. The lowest BCUT2D eigenvalue weighted by Crippen LogP contribution is -1.90. The normalized spacial score (nSPS) is 18.2. The number of hydrogen-bond acceptors (Lipinski definition) is 3. The third kappa shape index (κ3) is 0.988. The first-order valence-corrected chi connectivity index (χ1v) is 2.76. The molecule has 0 saturated carbocycles. The summed E-state index contributed by atoms with van der Waals surface area (Å²) in [6.45, 7) is 0.473. The van der Waals surface area contributed by atoms with E-state index in [0.29, 0.717) is 6.54 Å². The average Bonchev–Trinajstić information content (AvgIpc) is 2.12. The van der Waals surface area contributed by atoms with Gasteiger partial charge >= 0.3 is 5.03 Å². The van der Waals surface area contributed by atoms with Crippen LogP contribution in [0.2, 0.25) is 0 Å². The topological polar surface area (TPSA) is 57.2 Å². The molecule has 0 aromatic heterocycles. The highest BCUT2D eigenvalue weighted by Crippen LogP contribution is 2.17. The quantitative estimate of drug-likeness (QED) is 0.293. The van der Waals surface area contributed by atoms with Crippen LogP contribution in [-0.4, -0.2) is 11.5 Å². The van der Waals surface area contributed by atoms with Crippen LogP contribution in [0.5, 0.6) is 0 Å². The van der Waals surface area contributed by atoms with Crippen LogP contribution in [-0.2, 0) is 0 Å². The molecule has 5 heteroatoms. The van der Waals surface area contributed by atoms with Crippen molar-refractivity contribution in [2.24, 2.45) is 0 Å². The molecule has 1 heterocycles. The predicted molar refractivity (Wildman–Crippen MR) is 29.7 cm³/mol. The third-order valence-electron chi connectivity index (χ3n) is 0.678. The fraction of sp³-hybridized carbons (Fsp3) is 0.333. The van der Waals surface area contributed by atoms with Crippen LogP contribution in [0, 0.1) is 10.1 Å². The Morgan fingerprint density at radius 1 is 2.00 bits per heavy atom. The van der Waals surface area contributed by atoms with Crippen molar-refractivity contribution in [2.45, 2.75) is 0 Å². The first kappa shape index (κ1) is 5.58. The molecule has 1 rings (SSSR count). The fourth-order valence-electron chi connectivity index (χ4n) is 0.364. The van der Waals surface area contributed by atoms with Gasteiger partial charge in [-0.3, -0.25) is 10.1 Å². The molecule has 0 aromatic carbocycles. The van der Waals surface area contributed by atoms with Crippen LogP contribution >= 0.6 is 11.9 Å². The molecule has 0 aliphatic carbocycles. The Bertz CT molecular complexity index is 144. The van der Waals surface area contributed by atoms with Crippen molar-refractivity contribution in [1.82, 2.24) is 4.72 Å². The van der Waals surface area contributed by atoms with Crippen molar-refractivity contribution in [3.05, 3.63) is 21.2 Å². The van der Waals surface area contributed by atoms with E-state index in [0.717, 1.165) is 11.9 Å². The highest BCUT2D eigenvalue weighted by Gasteiger charge is 2.16. The Hall–Kier alpha value is -0.550. The van der Waals surface area contributed by atoms with Crippen molar-refractivity contribution >= 4 is 11.9 Å². The van der Waals surface area contributed by atoms with Crippen LogP contribution < -0.4 is 4.72 Å². The molecule has 0 saturated heterocycles. The summed E-state index contributed by atoms with van der Waals surface area (Å²) in [6, 6.07) is 0. The zero-order valence-electron chi connectivity index (χ0n) is 3.90. The predicted octanol–water partition coefficient (Wildman–Crippen LogP) is 0.371. The van der Waals surface area contributed by atoms with Gasteiger partial charge in [-0.1, -0.05) is 0 Å². The van der Waals surface area contributed by atoms with E-state index >= 15 is 0 Å². The molecule has 0 N–H and O–H groups in total. The fourth-order valence-corrected chi connectivity index (χ4v) is 0.861. The van der Waals surface area contributed by atoms with E-state index in [1.54, 1.807) is 0 Å². The maximum atomic E-state index is 9.86. The molecule has 0 unspecified atom stereocenters. The molecule has 0 amide bonds. The smallest absolute Gasteiger partial charge is 0.258 e. The van der Waals surface area contributed by atoms with Crippen molar-refractivity contribution in [3.8, 4) is 0 Å². The molecule has 1 radical (unpaired) electrons. The van der Waals surface area contributed by atoms with Gasteiger partial charge < -0.3 is 0 Å². The first-order chi connectivity index (χ1) is 3.80. The summed E-state index contributed by atoms with van der Waals surface area (Å²) in [5, 5.41) is 10.0. The lowest BCUT2D eigenvalue weighted by Gasteiger charge is -1.82. The summed E-state index contributed by atoms with van der Waals surface area (Å²) in [7, 11) is 0. The lowest BCUT2D eigenvalue weighted by molar-refractivity contribution is -0.410. The van der Waals surface area contributed by atoms with E-state index in [1.165, 1.54) is 6.08 Å². The van der Waals surface area contributed by atoms with Crippen LogP contribution in [0.25, 0.3) is 0 Å². The van der Waals surface area contributed by atoms with Gasteiger partial charge in [-0.15, -0.1) is 0 Å². The summed E-state index contributed by atoms with van der Waals surface area (Å²) < 4.78 is 3.67. The van der Waals surface area contributed by atoms with Crippen molar-refractivity contribution < 1.29 is 4.92 Å². The second kappa shape index (κ2) is 2.15. The summed E-state index contributed by atoms with van der Waals surface area (Å²) in [5.41, 5.74) is 0. The highest BCUT2D eigenvalue weighted by atomic mass is 32.2. The molecule has 0 fully saturated rings. The Kier molecular flexibility index (Phi) is 1.50. The maximum Gasteiger partial charge on any atom is 0.316 e. The minimum absolute atomic E-state index is 0.144. The molecular formula is C3H3N2O2S. The highest BCUT2D eigenvalue weighted by molar-refractivity contribution is 8.01. The van der Waals surface area contributed by atoms with Gasteiger partial charge in [-0.2, -0.15) is 4.72 Å².